The number of benzene rings is 1. The van der Waals surface area contributed by atoms with Gasteiger partial charge in [-0.15, -0.1) is 0 Å². The van der Waals surface area contributed by atoms with E-state index in [9.17, 15) is 9.59 Å². The number of fused-ring (bicyclic) bond motifs is 1. The van der Waals surface area contributed by atoms with Gasteiger partial charge in [0.15, 0.2) is 0 Å². The molecular formula is C18H25N3O3. The summed E-state index contributed by atoms with van der Waals surface area (Å²) >= 11 is 0. The molecule has 0 spiro atoms. The van der Waals surface area contributed by atoms with E-state index in [4.69, 9.17) is 4.74 Å². The van der Waals surface area contributed by atoms with Gasteiger partial charge < -0.3 is 19.9 Å². The molecule has 1 fully saturated rings. The number of aryl methyl sites for hydroxylation is 1. The van der Waals surface area contributed by atoms with E-state index in [1.165, 1.54) is 5.56 Å². The van der Waals surface area contributed by atoms with Crippen molar-refractivity contribution in [3.63, 3.8) is 0 Å². The van der Waals surface area contributed by atoms with Crippen LogP contribution >= 0.6 is 0 Å². The zero-order valence-electron chi connectivity index (χ0n) is 14.2. The number of hydrogen-bond donors (Lipinski definition) is 1. The molecule has 1 atom stereocenters. The van der Waals surface area contributed by atoms with Gasteiger partial charge in [0.05, 0.1) is 19.3 Å². The number of urea groups is 1. The molecule has 0 aromatic heterocycles. The summed E-state index contributed by atoms with van der Waals surface area (Å²) < 4.78 is 5.34. The number of nitrogens with zero attached hydrogens (tertiary/aromatic N) is 2. The quantitative estimate of drug-likeness (QED) is 0.918. The molecule has 6 heteroatoms. The molecular weight excluding hydrogens is 306 g/mol. The first-order chi connectivity index (χ1) is 11.7. The maximum Gasteiger partial charge on any atom is 0.317 e. The van der Waals surface area contributed by atoms with Crippen molar-refractivity contribution in [2.45, 2.75) is 32.2 Å². The number of morpholine rings is 1. The number of rotatable bonds is 3. The highest BCUT2D eigenvalue weighted by molar-refractivity contribution is 5.94. The standard InChI is InChI=1S/C18H25N3O3/c1-14-13-24-12-11-20(14)18(23)19-9-8-17(22)21-10-4-6-15-5-2-3-7-16(15)21/h2-3,5,7,14H,4,6,8-13H2,1H3,(H,19,23)/t14-/m0/s1. The number of para-hydroxylation sites is 1. The summed E-state index contributed by atoms with van der Waals surface area (Å²) in [6, 6.07) is 8.01. The highest BCUT2D eigenvalue weighted by Crippen LogP contribution is 2.27. The third-order valence-electron chi connectivity index (χ3n) is 4.65. The molecule has 1 saturated heterocycles. The molecule has 0 aliphatic carbocycles. The first-order valence-electron chi connectivity index (χ1n) is 8.67. The van der Waals surface area contributed by atoms with E-state index < -0.39 is 0 Å². The molecule has 130 valence electrons. The minimum Gasteiger partial charge on any atom is -0.377 e. The number of hydrogen-bond acceptors (Lipinski definition) is 3. The predicted octanol–water partition coefficient (Wildman–Crippen LogP) is 1.79. The molecule has 0 radical (unpaired) electrons. The van der Waals surface area contributed by atoms with E-state index in [0.717, 1.165) is 25.1 Å². The van der Waals surface area contributed by atoms with Gasteiger partial charge >= 0.3 is 6.03 Å². The van der Waals surface area contributed by atoms with Crippen LogP contribution in [0.5, 0.6) is 0 Å². The lowest BCUT2D eigenvalue weighted by Crippen LogP contribution is -2.51. The summed E-state index contributed by atoms with van der Waals surface area (Å²) in [5.41, 5.74) is 2.24. The topological polar surface area (TPSA) is 61.9 Å². The van der Waals surface area contributed by atoms with Crippen molar-refractivity contribution in [2.24, 2.45) is 0 Å². The summed E-state index contributed by atoms with van der Waals surface area (Å²) in [7, 11) is 0. The fourth-order valence-corrected chi connectivity index (χ4v) is 3.33. The normalized spacial score (nSPS) is 20.5. The van der Waals surface area contributed by atoms with E-state index in [1.807, 2.05) is 30.0 Å². The Morgan fingerprint density at radius 1 is 1.29 bits per heavy atom. The average Bonchev–Trinajstić information content (AvgIpc) is 2.61. The number of amides is 3. The predicted molar refractivity (Wildman–Crippen MR) is 92.1 cm³/mol. The van der Waals surface area contributed by atoms with Crippen LogP contribution in [0.3, 0.4) is 0 Å². The van der Waals surface area contributed by atoms with Crippen LogP contribution in [-0.4, -0.2) is 55.7 Å². The molecule has 0 saturated carbocycles. The second-order valence-electron chi connectivity index (χ2n) is 6.38. The summed E-state index contributed by atoms with van der Waals surface area (Å²) in [4.78, 5) is 28.3. The van der Waals surface area contributed by atoms with E-state index in [2.05, 4.69) is 11.4 Å². The zero-order valence-corrected chi connectivity index (χ0v) is 14.2. The Morgan fingerprint density at radius 2 is 2.12 bits per heavy atom. The van der Waals surface area contributed by atoms with Crippen molar-refractivity contribution in [3.05, 3.63) is 29.8 Å². The van der Waals surface area contributed by atoms with Crippen molar-refractivity contribution in [1.29, 1.82) is 0 Å². The van der Waals surface area contributed by atoms with Crippen LogP contribution in [-0.2, 0) is 16.0 Å². The fraction of sp³-hybridized carbons (Fsp3) is 0.556. The lowest BCUT2D eigenvalue weighted by molar-refractivity contribution is -0.118. The second kappa shape index (κ2) is 7.66. The van der Waals surface area contributed by atoms with Gasteiger partial charge in [0.1, 0.15) is 0 Å². The molecule has 3 amide bonds. The van der Waals surface area contributed by atoms with Gasteiger partial charge in [-0.3, -0.25) is 4.79 Å². The van der Waals surface area contributed by atoms with Crippen LogP contribution in [0.1, 0.15) is 25.3 Å². The van der Waals surface area contributed by atoms with E-state index in [0.29, 0.717) is 32.7 Å². The maximum atomic E-state index is 12.5. The summed E-state index contributed by atoms with van der Waals surface area (Å²) in [5.74, 6) is 0.0671. The van der Waals surface area contributed by atoms with Crippen molar-refractivity contribution in [2.75, 3.05) is 37.7 Å². The molecule has 2 aliphatic heterocycles. The molecule has 24 heavy (non-hydrogen) atoms. The number of nitrogens with one attached hydrogen (secondary N) is 1. The Balaban J connectivity index is 1.50. The van der Waals surface area contributed by atoms with Gasteiger partial charge in [0.25, 0.3) is 0 Å². The van der Waals surface area contributed by atoms with Crippen LogP contribution in [0, 0.1) is 0 Å². The molecule has 3 rings (SSSR count). The van der Waals surface area contributed by atoms with Gasteiger partial charge in [-0.1, -0.05) is 18.2 Å². The summed E-state index contributed by atoms with van der Waals surface area (Å²) in [6.07, 6.45) is 2.32. The van der Waals surface area contributed by atoms with Crippen LogP contribution in [0.25, 0.3) is 0 Å². The Morgan fingerprint density at radius 3 is 2.96 bits per heavy atom. The van der Waals surface area contributed by atoms with Crippen molar-refractivity contribution < 1.29 is 14.3 Å². The first kappa shape index (κ1) is 16.8. The lowest BCUT2D eigenvalue weighted by Gasteiger charge is -2.33. The fourth-order valence-electron chi connectivity index (χ4n) is 3.33. The number of carbonyl (C=O) groups is 2. The summed E-state index contributed by atoms with van der Waals surface area (Å²) in [5, 5.41) is 2.86. The van der Waals surface area contributed by atoms with Crippen molar-refractivity contribution >= 4 is 17.6 Å². The molecule has 2 heterocycles. The lowest BCUT2D eigenvalue weighted by atomic mass is 10.0. The molecule has 0 unspecified atom stereocenters. The SMILES string of the molecule is C[C@H]1COCCN1C(=O)NCCC(=O)N1CCCc2ccccc21. The zero-order chi connectivity index (χ0) is 16.9. The van der Waals surface area contributed by atoms with Crippen molar-refractivity contribution in [1.82, 2.24) is 10.2 Å². The monoisotopic (exact) mass is 331 g/mol. The van der Waals surface area contributed by atoms with E-state index in [-0.39, 0.29) is 18.0 Å². The third kappa shape index (κ3) is 3.70. The highest BCUT2D eigenvalue weighted by atomic mass is 16.5. The molecule has 1 aromatic carbocycles. The smallest absolute Gasteiger partial charge is 0.317 e. The van der Waals surface area contributed by atoms with Gasteiger partial charge in [0, 0.05) is 31.7 Å². The van der Waals surface area contributed by atoms with E-state index in [1.54, 1.807) is 4.90 Å². The maximum absolute atomic E-state index is 12.5. The first-order valence-corrected chi connectivity index (χ1v) is 8.67. The molecule has 0 bridgehead atoms. The van der Waals surface area contributed by atoms with Crippen LogP contribution in [0.15, 0.2) is 24.3 Å². The number of carbonyl (C=O) groups excluding carboxylic acids is 2. The summed E-state index contributed by atoms with van der Waals surface area (Å²) in [6.45, 7) is 4.82. The van der Waals surface area contributed by atoms with Gasteiger partial charge in [0.2, 0.25) is 5.91 Å². The van der Waals surface area contributed by atoms with Gasteiger partial charge in [-0.05, 0) is 31.4 Å². The molecule has 6 nitrogen and oxygen atoms in total. The minimum absolute atomic E-state index is 0.0671. The highest BCUT2D eigenvalue weighted by Gasteiger charge is 2.25. The molecule has 1 aromatic rings. The van der Waals surface area contributed by atoms with Gasteiger partial charge in [-0.2, -0.15) is 0 Å². The Kier molecular flexibility index (Phi) is 5.35. The molecule has 2 aliphatic rings. The molecule has 1 N–H and O–H groups in total. The van der Waals surface area contributed by atoms with Crippen LogP contribution in [0.4, 0.5) is 10.5 Å². The van der Waals surface area contributed by atoms with Gasteiger partial charge in [-0.25, -0.2) is 4.79 Å². The third-order valence-corrected chi connectivity index (χ3v) is 4.65. The second-order valence-corrected chi connectivity index (χ2v) is 6.38. The van der Waals surface area contributed by atoms with E-state index >= 15 is 0 Å². The largest absolute Gasteiger partial charge is 0.377 e. The number of anilines is 1. The van der Waals surface area contributed by atoms with Crippen molar-refractivity contribution in [3.8, 4) is 0 Å². The Labute approximate surface area is 142 Å². The Bertz CT molecular complexity index is 605. The Hall–Kier alpha value is -2.08. The van der Waals surface area contributed by atoms with Crippen LogP contribution in [0.2, 0.25) is 0 Å². The average molecular weight is 331 g/mol. The van der Waals surface area contributed by atoms with Crippen LogP contribution < -0.4 is 10.2 Å². The number of ether oxygens (including phenoxy) is 1. The minimum atomic E-state index is -0.113.